The zero-order chi connectivity index (χ0) is 12.3. The van der Waals surface area contributed by atoms with Gasteiger partial charge in [0.25, 0.3) is 0 Å². The van der Waals surface area contributed by atoms with Crippen LogP contribution in [0.2, 0.25) is 10.6 Å². The van der Waals surface area contributed by atoms with Gasteiger partial charge in [-0.2, -0.15) is 15.0 Å². The van der Waals surface area contributed by atoms with Crippen LogP contribution in [-0.2, 0) is 0 Å². The molecule has 7 heteroatoms. The first-order valence-corrected chi connectivity index (χ1v) is 6.31. The van der Waals surface area contributed by atoms with Crippen molar-refractivity contribution >= 4 is 23.2 Å². The van der Waals surface area contributed by atoms with Crippen molar-refractivity contribution in [3.05, 3.63) is 10.6 Å². The van der Waals surface area contributed by atoms with E-state index in [2.05, 4.69) is 26.9 Å². The molecule has 1 saturated heterocycles. The van der Waals surface area contributed by atoms with Crippen LogP contribution in [0.15, 0.2) is 0 Å². The fourth-order valence-electron chi connectivity index (χ4n) is 2.00. The summed E-state index contributed by atoms with van der Waals surface area (Å²) >= 11 is 11.3. The second-order valence-corrected chi connectivity index (χ2v) is 4.75. The van der Waals surface area contributed by atoms with Crippen LogP contribution in [0.25, 0.3) is 0 Å². The van der Waals surface area contributed by atoms with Gasteiger partial charge in [0.15, 0.2) is 0 Å². The molecule has 1 fully saturated rings. The summed E-state index contributed by atoms with van der Waals surface area (Å²) in [6.45, 7) is 1.72. The van der Waals surface area contributed by atoms with Gasteiger partial charge < -0.3 is 9.64 Å². The number of halogens is 2. The van der Waals surface area contributed by atoms with Crippen LogP contribution in [0.1, 0.15) is 19.3 Å². The average Bonchev–Trinajstić information content (AvgIpc) is 2.63. The van der Waals surface area contributed by atoms with E-state index < -0.39 is 0 Å². The monoisotopic (exact) mass is 276 g/mol. The van der Waals surface area contributed by atoms with Gasteiger partial charge in [0.2, 0.25) is 10.6 Å². The molecule has 0 N–H and O–H groups in total. The molecule has 1 aromatic rings. The molecule has 1 aliphatic rings. The van der Waals surface area contributed by atoms with Gasteiger partial charge in [0.05, 0.1) is 6.61 Å². The number of rotatable bonds is 4. The van der Waals surface area contributed by atoms with Crippen molar-refractivity contribution in [1.82, 2.24) is 19.9 Å². The first kappa shape index (κ1) is 12.8. The largest absolute Gasteiger partial charge is 0.463 e. The highest BCUT2D eigenvalue weighted by molar-refractivity contribution is 6.31. The highest BCUT2D eigenvalue weighted by Gasteiger charge is 2.20. The summed E-state index contributed by atoms with van der Waals surface area (Å²) in [7, 11) is 2.13. The number of nitrogens with zero attached hydrogens (tertiary/aromatic N) is 4. The minimum atomic E-state index is 0.0537. The third-order valence-corrected chi connectivity index (χ3v) is 3.25. The molecule has 0 spiro atoms. The van der Waals surface area contributed by atoms with E-state index in [-0.39, 0.29) is 16.6 Å². The van der Waals surface area contributed by atoms with Gasteiger partial charge in [-0.25, -0.2) is 0 Å². The predicted octanol–water partition coefficient (Wildman–Crippen LogP) is 2.04. The van der Waals surface area contributed by atoms with Crippen molar-refractivity contribution in [2.24, 2.45) is 0 Å². The average molecular weight is 277 g/mol. The third-order valence-electron chi connectivity index (χ3n) is 2.91. The van der Waals surface area contributed by atoms with Crippen LogP contribution in [-0.4, -0.2) is 46.1 Å². The Morgan fingerprint density at radius 2 is 2.00 bits per heavy atom. The molecule has 94 valence electrons. The van der Waals surface area contributed by atoms with Crippen LogP contribution in [0, 0.1) is 0 Å². The molecule has 17 heavy (non-hydrogen) atoms. The molecule has 1 aromatic heterocycles. The van der Waals surface area contributed by atoms with Crippen molar-refractivity contribution in [2.75, 3.05) is 20.2 Å². The molecule has 1 aliphatic heterocycles. The van der Waals surface area contributed by atoms with E-state index in [4.69, 9.17) is 27.9 Å². The molecule has 0 saturated carbocycles. The van der Waals surface area contributed by atoms with Gasteiger partial charge in [-0.15, -0.1) is 0 Å². The second-order valence-electron chi connectivity index (χ2n) is 4.07. The molecule has 0 aromatic carbocycles. The Morgan fingerprint density at radius 1 is 1.29 bits per heavy atom. The lowest BCUT2D eigenvalue weighted by molar-refractivity contribution is 0.223. The Labute approximate surface area is 110 Å². The smallest absolute Gasteiger partial charge is 0.322 e. The van der Waals surface area contributed by atoms with Crippen molar-refractivity contribution in [1.29, 1.82) is 0 Å². The second kappa shape index (κ2) is 5.80. The fourth-order valence-corrected chi connectivity index (χ4v) is 2.35. The van der Waals surface area contributed by atoms with E-state index in [1.54, 1.807) is 0 Å². The number of likely N-dealkylation sites (tertiary alicyclic amines) is 1. The maximum Gasteiger partial charge on any atom is 0.322 e. The summed E-state index contributed by atoms with van der Waals surface area (Å²) in [4.78, 5) is 13.7. The summed E-state index contributed by atoms with van der Waals surface area (Å²) in [5, 5.41) is 0.107. The first-order chi connectivity index (χ1) is 8.15. The van der Waals surface area contributed by atoms with E-state index in [0.29, 0.717) is 12.6 Å². The highest BCUT2D eigenvalue weighted by Crippen LogP contribution is 2.18. The molecule has 5 nitrogen and oxygen atoms in total. The summed E-state index contributed by atoms with van der Waals surface area (Å²) in [6, 6.07) is 0.776. The highest BCUT2D eigenvalue weighted by atomic mass is 35.5. The molecular weight excluding hydrogens is 263 g/mol. The van der Waals surface area contributed by atoms with Crippen molar-refractivity contribution < 1.29 is 4.74 Å². The van der Waals surface area contributed by atoms with E-state index in [9.17, 15) is 0 Å². The normalized spacial score (nSPS) is 20.8. The molecule has 0 radical (unpaired) electrons. The minimum Gasteiger partial charge on any atom is -0.463 e. The summed E-state index contributed by atoms with van der Waals surface area (Å²) in [5.41, 5.74) is 0. The predicted molar refractivity (Wildman–Crippen MR) is 65.6 cm³/mol. The molecule has 1 atom stereocenters. The number of aromatic nitrogens is 3. The lowest BCUT2D eigenvalue weighted by atomic mass is 10.2. The van der Waals surface area contributed by atoms with Gasteiger partial charge in [-0.3, -0.25) is 0 Å². The Hall–Kier alpha value is -0.650. The van der Waals surface area contributed by atoms with Crippen LogP contribution in [0.3, 0.4) is 0 Å². The standard InChI is InChI=1S/C10H14Cl2N4O/c1-16-5-2-3-7(16)4-6-17-10-14-8(11)13-9(12)15-10/h7H,2-6H2,1H3. The Morgan fingerprint density at radius 3 is 2.59 bits per heavy atom. The fraction of sp³-hybridized carbons (Fsp3) is 0.700. The summed E-state index contributed by atoms with van der Waals surface area (Å²) in [6.07, 6.45) is 3.43. The van der Waals surface area contributed by atoms with Gasteiger partial charge in [-0.05, 0) is 56.1 Å². The third kappa shape index (κ3) is 3.66. The molecule has 0 amide bonds. The first-order valence-electron chi connectivity index (χ1n) is 5.55. The van der Waals surface area contributed by atoms with Crippen LogP contribution in [0.5, 0.6) is 6.01 Å². The number of hydrogen-bond donors (Lipinski definition) is 0. The zero-order valence-electron chi connectivity index (χ0n) is 9.57. The lowest BCUT2D eigenvalue weighted by Crippen LogP contribution is -2.26. The number of hydrogen-bond acceptors (Lipinski definition) is 5. The Bertz CT molecular complexity index is 370. The van der Waals surface area contributed by atoms with E-state index in [1.165, 1.54) is 12.8 Å². The minimum absolute atomic E-state index is 0.0537. The van der Waals surface area contributed by atoms with Gasteiger partial charge >= 0.3 is 6.01 Å². The van der Waals surface area contributed by atoms with Crippen LogP contribution < -0.4 is 4.74 Å². The SMILES string of the molecule is CN1CCCC1CCOc1nc(Cl)nc(Cl)n1. The van der Waals surface area contributed by atoms with Crippen molar-refractivity contribution in [3.63, 3.8) is 0 Å². The van der Waals surface area contributed by atoms with E-state index in [0.717, 1.165) is 13.0 Å². The van der Waals surface area contributed by atoms with Gasteiger partial charge in [0, 0.05) is 6.04 Å². The summed E-state index contributed by atoms with van der Waals surface area (Å²) < 4.78 is 5.42. The molecular formula is C10H14Cl2N4O. The van der Waals surface area contributed by atoms with Gasteiger partial charge in [0.1, 0.15) is 0 Å². The Kier molecular flexibility index (Phi) is 4.36. The number of ether oxygens (including phenoxy) is 1. The topological polar surface area (TPSA) is 51.1 Å². The molecule has 0 aliphatic carbocycles. The van der Waals surface area contributed by atoms with E-state index in [1.807, 2.05) is 0 Å². The van der Waals surface area contributed by atoms with Gasteiger partial charge in [-0.1, -0.05) is 0 Å². The molecule has 0 bridgehead atoms. The molecule has 2 rings (SSSR count). The maximum atomic E-state index is 5.64. The summed E-state index contributed by atoms with van der Waals surface area (Å²) in [5.74, 6) is 0. The Balaban J connectivity index is 1.81. The van der Waals surface area contributed by atoms with E-state index >= 15 is 0 Å². The zero-order valence-corrected chi connectivity index (χ0v) is 11.1. The molecule has 1 unspecified atom stereocenters. The molecule has 2 heterocycles. The van der Waals surface area contributed by atoms with Crippen molar-refractivity contribution in [3.8, 4) is 6.01 Å². The maximum absolute atomic E-state index is 5.64. The van der Waals surface area contributed by atoms with Crippen molar-refractivity contribution in [2.45, 2.75) is 25.3 Å². The lowest BCUT2D eigenvalue weighted by Gasteiger charge is -2.18. The van der Waals surface area contributed by atoms with Crippen LogP contribution in [0.4, 0.5) is 0 Å². The quantitative estimate of drug-likeness (QED) is 0.843. The van der Waals surface area contributed by atoms with Crippen LogP contribution >= 0.6 is 23.2 Å².